The normalized spacial score (nSPS) is 11.5. The molecule has 0 aliphatic carbocycles. The van der Waals surface area contributed by atoms with Gasteiger partial charge in [0.1, 0.15) is 12.6 Å². The quantitative estimate of drug-likeness (QED) is 0.554. The molecular weight excluding hydrogens is 210 g/mol. The monoisotopic (exact) mass is 227 g/mol. The van der Waals surface area contributed by atoms with Crippen LogP contribution in [0.2, 0.25) is 0 Å². The molecule has 0 saturated heterocycles. The summed E-state index contributed by atoms with van der Waals surface area (Å²) in [5.74, 6) is -0.967. The summed E-state index contributed by atoms with van der Waals surface area (Å²) in [6.07, 6.45) is 1.24. The van der Waals surface area contributed by atoms with Gasteiger partial charge in [-0.25, -0.2) is 0 Å². The van der Waals surface area contributed by atoms with Crippen LogP contribution in [0.25, 0.3) is 0 Å². The molecule has 6 nitrogen and oxygen atoms in total. The molecule has 90 valence electrons. The molecular formula is C10H17N3O3. The van der Waals surface area contributed by atoms with E-state index in [1.54, 1.807) is 6.92 Å². The zero-order valence-electron chi connectivity index (χ0n) is 9.36. The van der Waals surface area contributed by atoms with E-state index in [1.807, 2.05) is 6.07 Å². The van der Waals surface area contributed by atoms with E-state index in [0.29, 0.717) is 25.9 Å². The van der Waals surface area contributed by atoms with Crippen molar-refractivity contribution in [1.82, 2.24) is 5.32 Å². The third kappa shape index (κ3) is 6.79. The van der Waals surface area contributed by atoms with Crippen LogP contribution in [0.1, 0.15) is 26.2 Å². The second-order valence-corrected chi connectivity index (χ2v) is 3.21. The van der Waals surface area contributed by atoms with Crippen molar-refractivity contribution in [2.45, 2.75) is 32.2 Å². The fourth-order valence-corrected chi connectivity index (χ4v) is 1.10. The summed E-state index contributed by atoms with van der Waals surface area (Å²) in [4.78, 5) is 22.2. The molecule has 0 unspecified atom stereocenters. The molecule has 6 heteroatoms. The van der Waals surface area contributed by atoms with Gasteiger partial charge in [-0.1, -0.05) is 0 Å². The van der Waals surface area contributed by atoms with Gasteiger partial charge in [0.15, 0.2) is 0 Å². The number of nitriles is 1. The van der Waals surface area contributed by atoms with Crippen LogP contribution in [0.5, 0.6) is 0 Å². The van der Waals surface area contributed by atoms with E-state index in [0.717, 1.165) is 0 Å². The van der Waals surface area contributed by atoms with Crippen molar-refractivity contribution in [3.05, 3.63) is 0 Å². The van der Waals surface area contributed by atoms with Crippen molar-refractivity contribution >= 4 is 11.8 Å². The molecule has 0 fully saturated rings. The number of unbranched alkanes of at least 4 members (excludes halogenated alkanes) is 1. The number of carbonyl (C=O) groups is 2. The Bertz CT molecular complexity index is 273. The predicted octanol–water partition coefficient (Wildman–Crippen LogP) is -0.313. The van der Waals surface area contributed by atoms with Crippen LogP contribution in [-0.2, 0) is 14.3 Å². The molecule has 0 aromatic heterocycles. The Hall–Kier alpha value is -1.61. The smallest absolute Gasteiger partial charge is 0.246 e. The number of amides is 2. The van der Waals surface area contributed by atoms with E-state index in [-0.39, 0.29) is 12.5 Å². The molecule has 0 aromatic rings. The highest BCUT2D eigenvalue weighted by atomic mass is 16.5. The lowest BCUT2D eigenvalue weighted by atomic mass is 10.1. The summed E-state index contributed by atoms with van der Waals surface area (Å²) in [5, 5.41) is 10.8. The molecule has 0 bridgehead atoms. The maximum Gasteiger partial charge on any atom is 0.246 e. The van der Waals surface area contributed by atoms with Crippen molar-refractivity contribution in [2.24, 2.45) is 5.73 Å². The first-order valence-electron chi connectivity index (χ1n) is 5.15. The topological polar surface area (TPSA) is 105 Å². The molecule has 0 rings (SSSR count). The standard InChI is InChI=1S/C10H17N3O3/c1-2-16-7-9(14)13-8(10(12)15)5-3-4-6-11/h8H,2-5,7H2,1H3,(H2,12,15)(H,13,14)/t8-/m1/s1. The van der Waals surface area contributed by atoms with Gasteiger partial charge in [-0.15, -0.1) is 0 Å². The van der Waals surface area contributed by atoms with E-state index < -0.39 is 11.9 Å². The number of primary amides is 1. The molecule has 2 amide bonds. The SMILES string of the molecule is CCOCC(=O)N[C@H](CCCC#N)C(N)=O. The Balaban J connectivity index is 3.98. The number of carbonyl (C=O) groups excluding carboxylic acids is 2. The summed E-state index contributed by atoms with van der Waals surface area (Å²) in [5.41, 5.74) is 5.12. The average molecular weight is 227 g/mol. The number of nitrogens with two attached hydrogens (primary N) is 1. The molecule has 0 heterocycles. The van der Waals surface area contributed by atoms with Gasteiger partial charge in [0, 0.05) is 13.0 Å². The third-order valence-corrected chi connectivity index (χ3v) is 1.90. The van der Waals surface area contributed by atoms with Crippen molar-refractivity contribution < 1.29 is 14.3 Å². The summed E-state index contributed by atoms with van der Waals surface area (Å²) >= 11 is 0. The average Bonchev–Trinajstić information content (AvgIpc) is 2.25. The first-order chi connectivity index (χ1) is 7.61. The molecule has 1 atom stereocenters. The van der Waals surface area contributed by atoms with Crippen LogP contribution in [0.4, 0.5) is 0 Å². The maximum absolute atomic E-state index is 11.2. The minimum absolute atomic E-state index is 0.0848. The number of hydrogen-bond donors (Lipinski definition) is 2. The van der Waals surface area contributed by atoms with E-state index in [1.165, 1.54) is 0 Å². The maximum atomic E-state index is 11.2. The van der Waals surface area contributed by atoms with Gasteiger partial charge in [-0.3, -0.25) is 9.59 Å². The summed E-state index contributed by atoms with van der Waals surface area (Å²) < 4.78 is 4.89. The van der Waals surface area contributed by atoms with Crippen molar-refractivity contribution in [3.63, 3.8) is 0 Å². The highest BCUT2D eigenvalue weighted by Crippen LogP contribution is 2.00. The second kappa shape index (κ2) is 8.68. The molecule has 0 aromatic carbocycles. The zero-order chi connectivity index (χ0) is 12.4. The van der Waals surface area contributed by atoms with Gasteiger partial charge in [0.05, 0.1) is 6.07 Å². The first-order valence-corrected chi connectivity index (χ1v) is 5.15. The lowest BCUT2D eigenvalue weighted by Gasteiger charge is -2.14. The number of rotatable bonds is 8. The van der Waals surface area contributed by atoms with Gasteiger partial charge < -0.3 is 15.8 Å². The van der Waals surface area contributed by atoms with Gasteiger partial charge >= 0.3 is 0 Å². The first kappa shape index (κ1) is 14.4. The van der Waals surface area contributed by atoms with Gasteiger partial charge in [0.2, 0.25) is 11.8 Å². The molecule has 0 spiro atoms. The fourth-order valence-electron chi connectivity index (χ4n) is 1.10. The number of ether oxygens (including phenoxy) is 1. The Morgan fingerprint density at radius 2 is 2.25 bits per heavy atom. The molecule has 0 radical (unpaired) electrons. The molecule has 16 heavy (non-hydrogen) atoms. The number of nitrogens with zero attached hydrogens (tertiary/aromatic N) is 1. The number of hydrogen-bond acceptors (Lipinski definition) is 4. The van der Waals surface area contributed by atoms with E-state index >= 15 is 0 Å². The third-order valence-electron chi connectivity index (χ3n) is 1.90. The highest BCUT2D eigenvalue weighted by molar-refractivity contribution is 5.86. The van der Waals surface area contributed by atoms with E-state index in [9.17, 15) is 9.59 Å². The van der Waals surface area contributed by atoms with Crippen molar-refractivity contribution in [1.29, 1.82) is 5.26 Å². The van der Waals surface area contributed by atoms with Gasteiger partial charge in [-0.2, -0.15) is 5.26 Å². The van der Waals surface area contributed by atoms with Crippen LogP contribution in [0.3, 0.4) is 0 Å². The molecule has 0 aliphatic heterocycles. The van der Waals surface area contributed by atoms with E-state index in [4.69, 9.17) is 15.7 Å². The Morgan fingerprint density at radius 3 is 2.75 bits per heavy atom. The Morgan fingerprint density at radius 1 is 1.56 bits per heavy atom. The van der Waals surface area contributed by atoms with Crippen LogP contribution in [0.15, 0.2) is 0 Å². The minimum Gasteiger partial charge on any atom is -0.372 e. The lowest BCUT2D eigenvalue weighted by molar-refractivity contribution is -0.130. The molecule has 3 N–H and O–H groups in total. The second-order valence-electron chi connectivity index (χ2n) is 3.21. The van der Waals surface area contributed by atoms with Crippen LogP contribution in [0, 0.1) is 11.3 Å². The highest BCUT2D eigenvalue weighted by Gasteiger charge is 2.17. The Kier molecular flexibility index (Phi) is 7.81. The fraction of sp³-hybridized carbons (Fsp3) is 0.700. The Labute approximate surface area is 94.7 Å². The largest absolute Gasteiger partial charge is 0.372 e. The zero-order valence-corrected chi connectivity index (χ0v) is 9.36. The van der Waals surface area contributed by atoms with Crippen LogP contribution >= 0.6 is 0 Å². The predicted molar refractivity (Wildman–Crippen MR) is 57.1 cm³/mol. The molecule has 0 aliphatic rings. The van der Waals surface area contributed by atoms with Crippen LogP contribution in [-0.4, -0.2) is 31.1 Å². The summed E-state index contributed by atoms with van der Waals surface area (Å²) in [6.45, 7) is 2.12. The van der Waals surface area contributed by atoms with Gasteiger partial charge in [-0.05, 0) is 19.8 Å². The summed E-state index contributed by atoms with van der Waals surface area (Å²) in [7, 11) is 0. The molecule has 0 saturated carbocycles. The van der Waals surface area contributed by atoms with Crippen LogP contribution < -0.4 is 11.1 Å². The minimum atomic E-state index is -0.721. The number of nitrogens with one attached hydrogen (secondary N) is 1. The summed E-state index contributed by atoms with van der Waals surface area (Å²) in [6, 6.07) is 1.24. The van der Waals surface area contributed by atoms with Crippen molar-refractivity contribution in [2.75, 3.05) is 13.2 Å². The lowest BCUT2D eigenvalue weighted by Crippen LogP contribution is -2.45. The van der Waals surface area contributed by atoms with Gasteiger partial charge in [0.25, 0.3) is 0 Å². The van der Waals surface area contributed by atoms with E-state index in [2.05, 4.69) is 5.32 Å². The van der Waals surface area contributed by atoms with Crippen molar-refractivity contribution in [3.8, 4) is 6.07 Å².